The quantitative estimate of drug-likeness (QED) is 0.790. The van der Waals surface area contributed by atoms with E-state index in [0.717, 1.165) is 19.3 Å². The van der Waals surface area contributed by atoms with E-state index < -0.39 is 5.60 Å². The van der Waals surface area contributed by atoms with E-state index in [4.69, 9.17) is 14.2 Å². The number of hydrogen-bond donors (Lipinski definition) is 1. The number of benzene rings is 1. The van der Waals surface area contributed by atoms with Crippen LogP contribution < -0.4 is 14.8 Å². The number of carbonyl (C=O) groups excluding carboxylic acids is 2. The Labute approximate surface area is 167 Å². The molecule has 1 aliphatic heterocycles. The molecule has 2 rings (SSSR count). The van der Waals surface area contributed by atoms with Gasteiger partial charge in [0.25, 0.3) is 0 Å². The number of carbonyl (C=O) groups is 2. The maximum Gasteiger partial charge on any atom is 0.410 e. The maximum absolute atomic E-state index is 12.4. The van der Waals surface area contributed by atoms with Gasteiger partial charge in [0.2, 0.25) is 5.91 Å². The highest BCUT2D eigenvalue weighted by atomic mass is 16.6. The first kappa shape index (κ1) is 21.9. The lowest BCUT2D eigenvalue weighted by molar-refractivity contribution is -0.116. The molecule has 1 heterocycles. The van der Waals surface area contributed by atoms with Crippen LogP contribution in [0.15, 0.2) is 18.2 Å². The Morgan fingerprint density at radius 1 is 1.21 bits per heavy atom. The van der Waals surface area contributed by atoms with Gasteiger partial charge in [0.1, 0.15) is 17.1 Å². The number of nitrogens with zero attached hydrogens (tertiary/aromatic N) is 1. The summed E-state index contributed by atoms with van der Waals surface area (Å²) in [6.07, 6.45) is 2.78. The normalized spacial score (nSPS) is 17.0. The van der Waals surface area contributed by atoms with Gasteiger partial charge in [-0.05, 0) is 58.1 Å². The van der Waals surface area contributed by atoms with E-state index in [9.17, 15) is 9.59 Å². The van der Waals surface area contributed by atoms with Gasteiger partial charge in [-0.2, -0.15) is 0 Å². The highest BCUT2D eigenvalue weighted by Crippen LogP contribution is 2.29. The molecule has 0 radical (unpaired) electrons. The average Bonchev–Trinajstić information content (AvgIpc) is 2.65. The predicted octanol–water partition coefficient (Wildman–Crippen LogP) is 4.07. The third kappa shape index (κ3) is 6.62. The largest absolute Gasteiger partial charge is 0.497 e. The summed E-state index contributed by atoms with van der Waals surface area (Å²) in [4.78, 5) is 26.4. The Balaban J connectivity index is 1.85. The number of anilines is 1. The van der Waals surface area contributed by atoms with Gasteiger partial charge in [-0.25, -0.2) is 4.79 Å². The lowest BCUT2D eigenvalue weighted by Gasteiger charge is -2.34. The number of piperidine rings is 1. The summed E-state index contributed by atoms with van der Waals surface area (Å²) in [5, 5.41) is 2.89. The molecular weight excluding hydrogens is 360 g/mol. The van der Waals surface area contributed by atoms with Gasteiger partial charge in [0, 0.05) is 25.6 Å². The van der Waals surface area contributed by atoms with E-state index >= 15 is 0 Å². The molecule has 7 nitrogen and oxygen atoms in total. The summed E-state index contributed by atoms with van der Waals surface area (Å²) >= 11 is 0. The monoisotopic (exact) mass is 392 g/mol. The van der Waals surface area contributed by atoms with Crippen molar-refractivity contribution in [3.05, 3.63) is 18.2 Å². The number of ether oxygens (including phenoxy) is 3. The number of methoxy groups -OCH3 is 2. The van der Waals surface area contributed by atoms with E-state index in [1.807, 2.05) is 20.8 Å². The fraction of sp³-hybridized carbons (Fsp3) is 0.619. The molecule has 2 amide bonds. The van der Waals surface area contributed by atoms with Gasteiger partial charge in [0.15, 0.2) is 0 Å². The first-order valence-electron chi connectivity index (χ1n) is 9.71. The number of likely N-dealkylation sites (tertiary alicyclic amines) is 1. The summed E-state index contributed by atoms with van der Waals surface area (Å²) < 4.78 is 15.9. The molecule has 1 fully saturated rings. The molecule has 28 heavy (non-hydrogen) atoms. The Kier molecular flexibility index (Phi) is 7.54. The molecular formula is C21H32N2O5. The second kappa shape index (κ2) is 9.66. The number of hydrogen-bond acceptors (Lipinski definition) is 5. The van der Waals surface area contributed by atoms with Crippen LogP contribution in [0.2, 0.25) is 0 Å². The smallest absolute Gasteiger partial charge is 0.410 e. The van der Waals surface area contributed by atoms with E-state index in [-0.39, 0.29) is 12.0 Å². The van der Waals surface area contributed by atoms with Crippen molar-refractivity contribution in [2.24, 2.45) is 5.92 Å². The minimum absolute atomic E-state index is 0.0714. The molecule has 0 bridgehead atoms. The molecule has 1 aliphatic rings. The third-order valence-electron chi connectivity index (χ3n) is 4.63. The number of amides is 2. The van der Waals surface area contributed by atoms with E-state index in [1.165, 1.54) is 0 Å². The summed E-state index contributed by atoms with van der Waals surface area (Å²) in [5.74, 6) is 1.45. The van der Waals surface area contributed by atoms with Crippen LogP contribution in [-0.4, -0.2) is 49.8 Å². The van der Waals surface area contributed by atoms with Crippen molar-refractivity contribution in [2.45, 2.75) is 52.1 Å². The second-order valence-electron chi connectivity index (χ2n) is 8.09. The molecule has 1 unspecified atom stereocenters. The number of nitrogens with one attached hydrogen (secondary N) is 1. The van der Waals surface area contributed by atoms with Gasteiger partial charge in [0.05, 0.1) is 19.9 Å². The Morgan fingerprint density at radius 3 is 2.61 bits per heavy atom. The van der Waals surface area contributed by atoms with Crippen LogP contribution in [0.25, 0.3) is 0 Å². The Morgan fingerprint density at radius 2 is 1.96 bits per heavy atom. The highest BCUT2D eigenvalue weighted by Gasteiger charge is 2.27. The van der Waals surface area contributed by atoms with E-state index in [2.05, 4.69) is 5.32 Å². The van der Waals surface area contributed by atoms with Crippen molar-refractivity contribution in [3.63, 3.8) is 0 Å². The summed E-state index contributed by atoms with van der Waals surface area (Å²) in [6.45, 7) is 6.94. The van der Waals surface area contributed by atoms with Gasteiger partial charge < -0.3 is 24.4 Å². The van der Waals surface area contributed by atoms with E-state index in [0.29, 0.717) is 42.6 Å². The zero-order valence-corrected chi connectivity index (χ0v) is 17.5. The van der Waals surface area contributed by atoms with Crippen LogP contribution in [-0.2, 0) is 9.53 Å². The summed E-state index contributed by atoms with van der Waals surface area (Å²) in [6, 6.07) is 5.27. The molecule has 1 N–H and O–H groups in total. The minimum Gasteiger partial charge on any atom is -0.497 e. The molecule has 1 aromatic carbocycles. The van der Waals surface area contributed by atoms with Crippen molar-refractivity contribution >= 4 is 17.7 Å². The van der Waals surface area contributed by atoms with Crippen molar-refractivity contribution in [3.8, 4) is 11.5 Å². The van der Waals surface area contributed by atoms with Gasteiger partial charge in [-0.15, -0.1) is 0 Å². The minimum atomic E-state index is -0.499. The molecule has 0 spiro atoms. The summed E-state index contributed by atoms with van der Waals surface area (Å²) in [7, 11) is 3.13. The second-order valence-corrected chi connectivity index (χ2v) is 8.09. The lowest BCUT2D eigenvalue weighted by Crippen LogP contribution is -2.43. The molecule has 156 valence electrons. The first-order valence-corrected chi connectivity index (χ1v) is 9.71. The lowest BCUT2D eigenvalue weighted by atomic mass is 9.93. The SMILES string of the molecule is COc1ccc(NC(=O)CCC2CCCN(C(=O)OC(C)(C)C)C2)c(OC)c1. The molecule has 1 atom stereocenters. The van der Waals surface area contributed by atoms with Gasteiger partial charge in [-0.3, -0.25) is 4.79 Å². The molecule has 0 saturated carbocycles. The fourth-order valence-corrected chi connectivity index (χ4v) is 3.24. The molecule has 1 aromatic rings. The van der Waals surface area contributed by atoms with E-state index in [1.54, 1.807) is 37.3 Å². The topological polar surface area (TPSA) is 77.1 Å². The highest BCUT2D eigenvalue weighted by molar-refractivity contribution is 5.92. The standard InChI is InChI=1S/C21H32N2O5/c1-21(2,3)28-20(25)23-12-6-7-15(14-23)8-11-19(24)22-17-10-9-16(26-4)13-18(17)27-5/h9-10,13,15H,6-8,11-12,14H2,1-5H3,(H,22,24). The van der Waals surface area contributed by atoms with Crippen LogP contribution in [0.5, 0.6) is 11.5 Å². The van der Waals surface area contributed by atoms with Gasteiger partial charge in [-0.1, -0.05) is 0 Å². The summed E-state index contributed by atoms with van der Waals surface area (Å²) in [5.41, 5.74) is 0.119. The van der Waals surface area contributed by atoms with Gasteiger partial charge >= 0.3 is 6.09 Å². The van der Waals surface area contributed by atoms with Crippen molar-refractivity contribution in [2.75, 3.05) is 32.6 Å². The fourth-order valence-electron chi connectivity index (χ4n) is 3.24. The average molecular weight is 392 g/mol. The molecule has 0 aromatic heterocycles. The van der Waals surface area contributed by atoms with Crippen LogP contribution in [0.4, 0.5) is 10.5 Å². The number of rotatable bonds is 6. The zero-order valence-electron chi connectivity index (χ0n) is 17.5. The Hall–Kier alpha value is -2.44. The van der Waals surface area contributed by atoms with Crippen molar-refractivity contribution in [1.29, 1.82) is 0 Å². The zero-order chi connectivity index (χ0) is 20.7. The first-order chi connectivity index (χ1) is 13.2. The predicted molar refractivity (Wildman–Crippen MR) is 108 cm³/mol. The molecule has 0 aliphatic carbocycles. The Bertz CT molecular complexity index is 684. The van der Waals surface area contributed by atoms with Crippen LogP contribution >= 0.6 is 0 Å². The van der Waals surface area contributed by atoms with Crippen LogP contribution in [0, 0.1) is 5.92 Å². The van der Waals surface area contributed by atoms with Crippen molar-refractivity contribution in [1.82, 2.24) is 4.90 Å². The van der Waals surface area contributed by atoms with Crippen molar-refractivity contribution < 1.29 is 23.8 Å². The molecule has 7 heteroatoms. The third-order valence-corrected chi connectivity index (χ3v) is 4.63. The molecule has 1 saturated heterocycles. The maximum atomic E-state index is 12.4. The van der Waals surface area contributed by atoms with Crippen LogP contribution in [0.1, 0.15) is 46.5 Å². The van der Waals surface area contributed by atoms with Crippen LogP contribution in [0.3, 0.4) is 0 Å².